The Morgan fingerprint density at radius 3 is 2.74 bits per heavy atom. The van der Waals surface area contributed by atoms with Crippen molar-refractivity contribution in [1.82, 2.24) is 0 Å². The fraction of sp³-hybridized carbons (Fsp3) is 0.613. The number of aliphatic hydroxyl groups is 1. The van der Waals surface area contributed by atoms with E-state index in [0.29, 0.717) is 24.3 Å². The highest BCUT2D eigenvalue weighted by molar-refractivity contribution is 6.01. The van der Waals surface area contributed by atoms with E-state index in [1.165, 1.54) is 0 Å². The van der Waals surface area contributed by atoms with Gasteiger partial charge < -0.3 is 25.1 Å². The Morgan fingerprint density at radius 2 is 2.00 bits per heavy atom. The van der Waals surface area contributed by atoms with Crippen LogP contribution >= 0.6 is 0 Å². The van der Waals surface area contributed by atoms with Crippen molar-refractivity contribution in [3.05, 3.63) is 48.1 Å². The quantitative estimate of drug-likeness (QED) is 0.535. The van der Waals surface area contributed by atoms with E-state index >= 15 is 0 Å². The molecule has 1 aromatic rings. The third-order valence-electron chi connectivity index (χ3n) is 10.5. The van der Waals surface area contributed by atoms with Crippen molar-refractivity contribution < 1.29 is 28.9 Å². The predicted octanol–water partition coefficient (Wildman–Crippen LogP) is 4.39. The number of hydrogen-bond donors (Lipinski definition) is 2. The molecule has 0 aromatic heterocycles. The zero-order valence-electron chi connectivity index (χ0n) is 22.5. The van der Waals surface area contributed by atoms with Crippen LogP contribution in [-0.4, -0.2) is 47.4 Å². The van der Waals surface area contributed by atoms with Gasteiger partial charge in [0.2, 0.25) is 5.78 Å². The molecular weight excluding hydrogens is 482 g/mol. The average Bonchev–Trinajstić information content (AvgIpc) is 3.36. The van der Waals surface area contributed by atoms with Crippen LogP contribution in [0.2, 0.25) is 0 Å². The molecule has 7 nitrogen and oxygen atoms in total. The van der Waals surface area contributed by atoms with E-state index in [4.69, 9.17) is 19.9 Å². The van der Waals surface area contributed by atoms with Crippen molar-refractivity contribution in [3.8, 4) is 5.75 Å². The molecule has 6 rings (SSSR count). The highest BCUT2D eigenvalue weighted by Gasteiger charge is 2.75. The maximum atomic E-state index is 14.2. The molecule has 5 aliphatic rings. The van der Waals surface area contributed by atoms with Crippen LogP contribution in [0, 0.1) is 28.6 Å². The molecule has 1 heterocycles. The molecule has 1 saturated heterocycles. The second-order valence-electron chi connectivity index (χ2n) is 12.4. The summed E-state index contributed by atoms with van der Waals surface area (Å²) in [7, 11) is 0. The molecule has 2 unspecified atom stereocenters. The summed E-state index contributed by atoms with van der Waals surface area (Å²) in [5, 5.41) is 11.8. The van der Waals surface area contributed by atoms with Gasteiger partial charge >= 0.3 is 0 Å². The zero-order chi connectivity index (χ0) is 26.9. The van der Waals surface area contributed by atoms with Gasteiger partial charge in [-0.3, -0.25) is 9.59 Å². The molecule has 0 spiro atoms. The summed E-state index contributed by atoms with van der Waals surface area (Å²) in [5.41, 5.74) is 5.41. The van der Waals surface area contributed by atoms with Crippen molar-refractivity contribution >= 4 is 17.3 Å². The summed E-state index contributed by atoms with van der Waals surface area (Å²) in [6.07, 6.45) is 8.42. The number of anilines is 1. The lowest BCUT2D eigenvalue weighted by Crippen LogP contribution is -2.63. The minimum atomic E-state index is -1.17. The van der Waals surface area contributed by atoms with Gasteiger partial charge in [-0.25, -0.2) is 0 Å². The highest BCUT2D eigenvalue weighted by Crippen LogP contribution is 2.69. The molecule has 0 bridgehead atoms. The number of carbonyl (C=O) groups is 2. The highest BCUT2D eigenvalue weighted by atomic mass is 16.7. The lowest BCUT2D eigenvalue weighted by Gasteiger charge is -2.59. The van der Waals surface area contributed by atoms with Gasteiger partial charge in [0.1, 0.15) is 12.4 Å². The maximum absolute atomic E-state index is 14.2. The molecule has 4 aliphatic carbocycles. The number of nitrogens with two attached hydrogens (primary N) is 1. The fourth-order valence-electron chi connectivity index (χ4n) is 8.83. The van der Waals surface area contributed by atoms with E-state index in [-0.39, 0.29) is 47.4 Å². The van der Waals surface area contributed by atoms with Gasteiger partial charge in [-0.2, -0.15) is 0 Å². The van der Waals surface area contributed by atoms with E-state index in [1.807, 2.05) is 6.08 Å². The van der Waals surface area contributed by atoms with Crippen LogP contribution in [0.15, 0.2) is 48.1 Å². The largest absolute Gasteiger partial charge is 0.486 e. The Kier molecular flexibility index (Phi) is 6.13. The first-order valence-corrected chi connectivity index (χ1v) is 14.1. The van der Waals surface area contributed by atoms with Crippen molar-refractivity contribution in [3.63, 3.8) is 0 Å². The number of aliphatic hydroxyl groups excluding tert-OH is 1. The van der Waals surface area contributed by atoms with Crippen molar-refractivity contribution in [2.24, 2.45) is 28.6 Å². The second kappa shape index (κ2) is 9.04. The molecule has 3 N–H and O–H groups in total. The number of Topliss-reactive ketones (excluding diaryl/α,β-unsaturated/α-hetero) is 1. The van der Waals surface area contributed by atoms with E-state index in [1.54, 1.807) is 36.4 Å². The molecule has 0 amide bonds. The van der Waals surface area contributed by atoms with Gasteiger partial charge in [0.05, 0.1) is 12.2 Å². The van der Waals surface area contributed by atoms with Gasteiger partial charge in [-0.05, 0) is 80.4 Å². The predicted molar refractivity (Wildman–Crippen MR) is 142 cm³/mol. The normalized spacial score (nSPS) is 43.1. The summed E-state index contributed by atoms with van der Waals surface area (Å²) < 4.78 is 19.1. The molecule has 1 aromatic carbocycles. The SMILES string of the molecule is CCC[C@@H]1O[C@@H]2CC3[C@@H]4CCC5=CC(=O)C=C[C@]5(C)C4[C@@H](O)C[C@]3(C)[C@]2(C(=O)COc2ccc(N)cc2)O1. The van der Waals surface area contributed by atoms with E-state index in [2.05, 4.69) is 20.8 Å². The summed E-state index contributed by atoms with van der Waals surface area (Å²) in [4.78, 5) is 26.3. The van der Waals surface area contributed by atoms with Crippen LogP contribution in [0.3, 0.4) is 0 Å². The summed E-state index contributed by atoms with van der Waals surface area (Å²) in [6, 6.07) is 7.01. The maximum Gasteiger partial charge on any atom is 0.205 e. The number of ketones is 2. The number of hydrogen-bond acceptors (Lipinski definition) is 7. The molecule has 0 radical (unpaired) electrons. The first-order valence-electron chi connectivity index (χ1n) is 14.1. The molecule has 9 atom stereocenters. The molecule has 4 fully saturated rings. The minimum Gasteiger partial charge on any atom is -0.486 e. The molecule has 38 heavy (non-hydrogen) atoms. The second-order valence-corrected chi connectivity index (χ2v) is 12.4. The topological polar surface area (TPSA) is 108 Å². The number of rotatable bonds is 6. The number of carbonyl (C=O) groups excluding carboxylic acids is 2. The Hall–Kier alpha value is -2.48. The molecule has 7 heteroatoms. The Labute approximate surface area is 224 Å². The third-order valence-corrected chi connectivity index (χ3v) is 10.5. The first kappa shape index (κ1) is 25.8. The monoisotopic (exact) mass is 521 g/mol. The summed E-state index contributed by atoms with van der Waals surface area (Å²) >= 11 is 0. The summed E-state index contributed by atoms with van der Waals surface area (Å²) in [6.45, 7) is 6.23. The molecule has 1 aliphatic heterocycles. The standard InChI is InChI=1S/C31H39NO6/c1-4-5-27-37-26-15-23-22-11-6-18-14-20(33)12-13-29(18,2)28(22)24(34)16-30(23,3)31(26,38-27)25(35)17-36-21-9-7-19(32)8-10-21/h7-10,12-14,22-24,26-28,34H,4-6,11,15-17,32H2,1-3H3/t22-,23?,24-,26+,27+,28?,29-,30-,31+/m0/s1. The number of benzene rings is 1. The van der Waals surface area contributed by atoms with Crippen LogP contribution in [0.1, 0.15) is 59.3 Å². The van der Waals surface area contributed by atoms with Crippen LogP contribution in [-0.2, 0) is 19.1 Å². The van der Waals surface area contributed by atoms with Crippen molar-refractivity contribution in [1.29, 1.82) is 0 Å². The molecule has 204 valence electrons. The van der Waals surface area contributed by atoms with Crippen LogP contribution < -0.4 is 10.5 Å². The number of fused-ring (bicyclic) bond motifs is 7. The van der Waals surface area contributed by atoms with Gasteiger partial charge in [-0.15, -0.1) is 0 Å². The Morgan fingerprint density at radius 1 is 1.24 bits per heavy atom. The number of ether oxygens (including phenoxy) is 3. The average molecular weight is 522 g/mol. The molecule has 3 saturated carbocycles. The molecular formula is C31H39NO6. The van der Waals surface area contributed by atoms with Gasteiger partial charge in [-0.1, -0.05) is 38.8 Å². The first-order chi connectivity index (χ1) is 18.1. The van der Waals surface area contributed by atoms with Crippen molar-refractivity contribution in [2.75, 3.05) is 12.3 Å². The number of allylic oxidation sites excluding steroid dienone is 4. The van der Waals surface area contributed by atoms with E-state index in [0.717, 1.165) is 31.3 Å². The minimum absolute atomic E-state index is 0.0200. The number of nitrogen functional groups attached to an aromatic ring is 1. The fourth-order valence-corrected chi connectivity index (χ4v) is 8.83. The van der Waals surface area contributed by atoms with Gasteiger partial charge in [0, 0.05) is 22.4 Å². The van der Waals surface area contributed by atoms with Gasteiger partial charge in [0.25, 0.3) is 0 Å². The lowest BCUT2D eigenvalue weighted by molar-refractivity contribution is -0.200. The Bertz CT molecular complexity index is 1190. The lowest BCUT2D eigenvalue weighted by atomic mass is 9.46. The third kappa shape index (κ3) is 3.58. The van der Waals surface area contributed by atoms with E-state index in [9.17, 15) is 14.7 Å². The zero-order valence-corrected chi connectivity index (χ0v) is 22.5. The van der Waals surface area contributed by atoms with Gasteiger partial charge in [0.15, 0.2) is 17.7 Å². The van der Waals surface area contributed by atoms with Crippen LogP contribution in [0.25, 0.3) is 0 Å². The smallest absolute Gasteiger partial charge is 0.205 e. The van der Waals surface area contributed by atoms with Crippen LogP contribution in [0.5, 0.6) is 5.75 Å². The van der Waals surface area contributed by atoms with Crippen LogP contribution in [0.4, 0.5) is 5.69 Å². The summed E-state index contributed by atoms with van der Waals surface area (Å²) in [5.74, 6) is 0.789. The van der Waals surface area contributed by atoms with E-state index < -0.39 is 23.4 Å². The Balaban J connectivity index is 1.34. The van der Waals surface area contributed by atoms with Crippen molar-refractivity contribution in [2.45, 2.75) is 83.4 Å².